The van der Waals surface area contributed by atoms with Crippen LogP contribution in [0.25, 0.3) is 0 Å². The van der Waals surface area contributed by atoms with Crippen molar-refractivity contribution in [3.63, 3.8) is 0 Å². The molecule has 0 aliphatic carbocycles. The predicted octanol–water partition coefficient (Wildman–Crippen LogP) is 7.06. The van der Waals surface area contributed by atoms with Crippen molar-refractivity contribution < 1.29 is 18.1 Å². The summed E-state index contributed by atoms with van der Waals surface area (Å²) in [5.74, 6) is 0. The van der Waals surface area contributed by atoms with Crippen LogP contribution < -0.4 is 0 Å². The van der Waals surface area contributed by atoms with Crippen LogP contribution in [0, 0.1) is 0 Å². The number of aliphatic hydroxyl groups is 1. The van der Waals surface area contributed by atoms with Gasteiger partial charge < -0.3 is 5.11 Å². The third-order valence-corrected chi connectivity index (χ3v) is 7.00. The molecule has 0 saturated carbocycles. The summed E-state index contributed by atoms with van der Waals surface area (Å²) in [4.78, 5) is 0. The third-order valence-electron chi connectivity index (χ3n) is 5.73. The molecule has 2 N–H and O–H groups in total. The average Bonchev–Trinajstić information content (AvgIpc) is 2.64. The molecular weight excluding hydrogens is 372 g/mol. The molecule has 0 spiro atoms. The lowest BCUT2D eigenvalue weighted by Crippen LogP contribution is -2.26. The quantitative estimate of drug-likeness (QED) is 0.154. The first-order valence-electron chi connectivity index (χ1n) is 12.1. The maximum absolute atomic E-state index is 11.7. The monoisotopic (exact) mass is 420 g/mol. The van der Waals surface area contributed by atoms with E-state index in [1.807, 2.05) is 0 Å². The van der Waals surface area contributed by atoms with Gasteiger partial charge in [0.15, 0.2) is 0 Å². The molecule has 0 bridgehead atoms. The second kappa shape index (κ2) is 18.9. The van der Waals surface area contributed by atoms with Crippen molar-refractivity contribution in [1.82, 2.24) is 0 Å². The fourth-order valence-electron chi connectivity index (χ4n) is 3.83. The lowest BCUT2D eigenvalue weighted by molar-refractivity contribution is 0.146. The number of hydrogen-bond donors (Lipinski definition) is 2. The van der Waals surface area contributed by atoms with Crippen molar-refractivity contribution in [2.24, 2.45) is 0 Å². The maximum Gasteiger partial charge on any atom is 0.267 e. The van der Waals surface area contributed by atoms with E-state index in [1.54, 1.807) is 0 Å². The number of rotatable bonds is 21. The van der Waals surface area contributed by atoms with Crippen molar-refractivity contribution >= 4 is 10.1 Å². The van der Waals surface area contributed by atoms with Crippen LogP contribution in [0.2, 0.25) is 0 Å². The Morgan fingerprint density at radius 2 is 0.964 bits per heavy atom. The minimum atomic E-state index is -4.07. The van der Waals surface area contributed by atoms with Crippen LogP contribution >= 0.6 is 0 Å². The molecule has 0 aliphatic rings. The molecule has 5 heteroatoms. The largest absolute Gasteiger partial charge is 0.393 e. The van der Waals surface area contributed by atoms with Gasteiger partial charge in [0.05, 0.1) is 11.4 Å². The highest BCUT2D eigenvalue weighted by Crippen LogP contribution is 2.20. The van der Waals surface area contributed by atoms with Gasteiger partial charge in [-0.2, -0.15) is 8.42 Å². The Morgan fingerprint density at radius 1 is 0.607 bits per heavy atom. The van der Waals surface area contributed by atoms with E-state index in [-0.39, 0.29) is 6.42 Å². The first kappa shape index (κ1) is 27.9. The van der Waals surface area contributed by atoms with Gasteiger partial charge in [0.2, 0.25) is 0 Å². The van der Waals surface area contributed by atoms with Crippen molar-refractivity contribution in [2.75, 3.05) is 0 Å². The summed E-state index contributed by atoms with van der Waals surface area (Å²) in [5, 5.41) is 9.38. The summed E-state index contributed by atoms with van der Waals surface area (Å²) < 4.78 is 32.8. The summed E-state index contributed by atoms with van der Waals surface area (Å²) in [7, 11) is -4.07. The van der Waals surface area contributed by atoms with Crippen LogP contribution in [0.15, 0.2) is 0 Å². The number of unbranched alkanes of at least 4 members (excludes halogenated alkanes) is 14. The molecule has 28 heavy (non-hydrogen) atoms. The van der Waals surface area contributed by atoms with Gasteiger partial charge in [0.1, 0.15) is 0 Å². The fourth-order valence-corrected chi connectivity index (χ4v) is 4.76. The maximum atomic E-state index is 11.7. The average molecular weight is 421 g/mol. The highest BCUT2D eigenvalue weighted by Gasteiger charge is 2.25. The lowest BCUT2D eigenvalue weighted by atomic mass is 10.0. The first-order valence-corrected chi connectivity index (χ1v) is 13.6. The van der Waals surface area contributed by atoms with E-state index in [1.165, 1.54) is 70.6 Å². The molecule has 0 saturated heterocycles. The van der Waals surface area contributed by atoms with Gasteiger partial charge in [-0.3, -0.25) is 4.55 Å². The standard InChI is InChI=1S/C23H48O4S/c1-3-5-7-9-11-12-14-16-18-20-23(28(25,26)27)21-22(24)19-17-15-13-10-8-6-4-2/h22-24H,3-21H2,1-2H3,(H,25,26,27). The van der Waals surface area contributed by atoms with Gasteiger partial charge >= 0.3 is 0 Å². The van der Waals surface area contributed by atoms with Crippen LogP contribution in [0.4, 0.5) is 0 Å². The minimum Gasteiger partial charge on any atom is -0.393 e. The Bertz CT molecular complexity index is 422. The second-order valence-corrected chi connectivity index (χ2v) is 10.3. The summed E-state index contributed by atoms with van der Waals surface area (Å²) in [6.07, 6.45) is 19.5. The van der Waals surface area contributed by atoms with E-state index in [4.69, 9.17) is 0 Å². The molecule has 0 aromatic heterocycles. The van der Waals surface area contributed by atoms with Gasteiger partial charge in [-0.15, -0.1) is 0 Å². The second-order valence-electron chi connectivity index (χ2n) is 8.55. The molecule has 0 heterocycles. The Kier molecular flexibility index (Phi) is 18.8. The Balaban J connectivity index is 3.86. The molecular formula is C23H48O4S. The summed E-state index contributed by atoms with van der Waals surface area (Å²) >= 11 is 0. The lowest BCUT2D eigenvalue weighted by Gasteiger charge is -2.18. The van der Waals surface area contributed by atoms with E-state index in [9.17, 15) is 18.1 Å². The van der Waals surface area contributed by atoms with Crippen LogP contribution in [0.1, 0.15) is 136 Å². The first-order chi connectivity index (χ1) is 13.4. The number of hydrogen-bond acceptors (Lipinski definition) is 3. The van der Waals surface area contributed by atoms with Crippen LogP contribution in [0.3, 0.4) is 0 Å². The van der Waals surface area contributed by atoms with Crippen molar-refractivity contribution in [3.05, 3.63) is 0 Å². The molecule has 0 amide bonds. The smallest absolute Gasteiger partial charge is 0.267 e. The van der Waals surface area contributed by atoms with Crippen LogP contribution in [-0.4, -0.2) is 29.4 Å². The van der Waals surface area contributed by atoms with E-state index >= 15 is 0 Å². The van der Waals surface area contributed by atoms with E-state index < -0.39 is 21.5 Å². The molecule has 4 nitrogen and oxygen atoms in total. The molecule has 2 unspecified atom stereocenters. The van der Waals surface area contributed by atoms with Gasteiger partial charge in [-0.1, -0.05) is 117 Å². The molecule has 0 aliphatic heterocycles. The highest BCUT2D eigenvalue weighted by atomic mass is 32.2. The summed E-state index contributed by atoms with van der Waals surface area (Å²) in [6, 6.07) is 0. The van der Waals surface area contributed by atoms with Gasteiger partial charge in [0.25, 0.3) is 10.1 Å². The van der Waals surface area contributed by atoms with E-state index in [0.29, 0.717) is 12.8 Å². The number of aliphatic hydroxyl groups excluding tert-OH is 1. The van der Waals surface area contributed by atoms with Gasteiger partial charge in [-0.25, -0.2) is 0 Å². The van der Waals surface area contributed by atoms with Crippen LogP contribution in [0.5, 0.6) is 0 Å². The third kappa shape index (κ3) is 17.9. The Labute approximate surface area is 175 Å². The minimum absolute atomic E-state index is 0.172. The predicted molar refractivity (Wildman–Crippen MR) is 120 cm³/mol. The van der Waals surface area contributed by atoms with Gasteiger partial charge in [-0.05, 0) is 19.3 Å². The normalized spacial score (nSPS) is 14.3. The van der Waals surface area contributed by atoms with Gasteiger partial charge in [0, 0.05) is 0 Å². The molecule has 0 fully saturated rings. The summed E-state index contributed by atoms with van der Waals surface area (Å²) in [6.45, 7) is 4.42. The molecule has 0 aromatic carbocycles. The van der Waals surface area contributed by atoms with Crippen LogP contribution in [-0.2, 0) is 10.1 Å². The van der Waals surface area contributed by atoms with E-state index in [0.717, 1.165) is 32.1 Å². The molecule has 0 radical (unpaired) electrons. The highest BCUT2D eigenvalue weighted by molar-refractivity contribution is 7.86. The molecule has 0 aromatic rings. The zero-order valence-electron chi connectivity index (χ0n) is 18.7. The fraction of sp³-hybridized carbons (Fsp3) is 1.00. The summed E-state index contributed by atoms with van der Waals surface area (Å²) in [5.41, 5.74) is 0. The molecule has 2 atom stereocenters. The van der Waals surface area contributed by atoms with E-state index in [2.05, 4.69) is 13.8 Å². The zero-order chi connectivity index (χ0) is 21.1. The van der Waals surface area contributed by atoms with Crippen molar-refractivity contribution in [1.29, 1.82) is 0 Å². The zero-order valence-corrected chi connectivity index (χ0v) is 19.5. The molecule has 170 valence electrons. The topological polar surface area (TPSA) is 74.6 Å². The van der Waals surface area contributed by atoms with Crippen molar-refractivity contribution in [3.8, 4) is 0 Å². The Morgan fingerprint density at radius 3 is 1.36 bits per heavy atom. The molecule has 0 rings (SSSR count). The Hall–Kier alpha value is -0.130. The SMILES string of the molecule is CCCCCCCCCCCC(CC(O)CCCCCCCCC)S(=O)(=O)O. The van der Waals surface area contributed by atoms with Crippen molar-refractivity contribution in [2.45, 2.75) is 147 Å².